The van der Waals surface area contributed by atoms with Crippen molar-refractivity contribution in [1.29, 1.82) is 0 Å². The van der Waals surface area contributed by atoms with E-state index in [1.165, 1.54) is 97.2 Å². The number of hydrogen-bond donors (Lipinski definition) is 3. The summed E-state index contributed by atoms with van der Waals surface area (Å²) in [5.74, 6) is -1.19. The normalized spacial score (nSPS) is 35.8. The summed E-state index contributed by atoms with van der Waals surface area (Å²) in [7, 11) is 15.5. The van der Waals surface area contributed by atoms with Gasteiger partial charge in [0.25, 0.3) is 23.6 Å². The van der Waals surface area contributed by atoms with Gasteiger partial charge in [-0.3, -0.25) is 24.1 Å². The molecule has 8 aliphatic heterocycles. The molecule has 51 heavy (non-hydrogen) atoms. The lowest BCUT2D eigenvalue weighted by Crippen LogP contribution is -2.74. The number of aromatic nitrogens is 1. The first kappa shape index (κ1) is 35.1. The number of anilines is 1. The van der Waals surface area contributed by atoms with Crippen molar-refractivity contribution in [1.82, 2.24) is 24.2 Å². The van der Waals surface area contributed by atoms with Gasteiger partial charge in [-0.05, 0) is 100 Å². The zero-order chi connectivity index (χ0) is 35.7. The number of hydrogen-bond acceptors (Lipinski definition) is 15. The third-order valence-corrected chi connectivity index (χ3v) is 25.9. The van der Waals surface area contributed by atoms with Crippen molar-refractivity contribution in [2.75, 3.05) is 39.7 Å². The van der Waals surface area contributed by atoms with Gasteiger partial charge in [0.15, 0.2) is 9.74 Å². The highest BCUT2D eigenvalue weighted by Gasteiger charge is 2.76. The van der Waals surface area contributed by atoms with E-state index >= 15 is 0 Å². The van der Waals surface area contributed by atoms with Gasteiger partial charge in [0.1, 0.15) is 11.7 Å². The topological polar surface area (TPSA) is 139 Å². The number of carbonyl (C=O) groups excluding carboxylic acids is 4. The molecule has 1 spiro atoms. The quantitative estimate of drug-likeness (QED) is 0.312. The van der Waals surface area contributed by atoms with Gasteiger partial charge < -0.3 is 34.8 Å². The predicted octanol–water partition coefficient (Wildman–Crippen LogP) is 4.47. The van der Waals surface area contributed by atoms with E-state index in [0.717, 1.165) is 27.7 Å². The van der Waals surface area contributed by atoms with Crippen LogP contribution < -0.4 is 5.32 Å². The van der Waals surface area contributed by atoms with Gasteiger partial charge in [0.05, 0.1) is 13.2 Å². The van der Waals surface area contributed by atoms with Crippen molar-refractivity contribution >= 4 is 123 Å². The van der Waals surface area contributed by atoms with Gasteiger partial charge in [-0.25, -0.2) is 0 Å². The number of para-hydroxylation sites is 2. The summed E-state index contributed by atoms with van der Waals surface area (Å²) in [5.41, 5.74) is 2.46. The summed E-state index contributed by atoms with van der Waals surface area (Å²) in [5, 5.41) is 25.7. The Labute approximate surface area is 323 Å². The maximum absolute atomic E-state index is 14.8. The summed E-state index contributed by atoms with van der Waals surface area (Å²) < 4.78 is 2.17. The number of nitrogens with one attached hydrogen (secondary N) is 1. The van der Waals surface area contributed by atoms with Gasteiger partial charge in [-0.15, -0.1) is 0 Å². The fourth-order valence-electron chi connectivity index (χ4n) is 8.50. The average molecular weight is 839 g/mol. The van der Waals surface area contributed by atoms with Crippen LogP contribution in [-0.2, 0) is 31.1 Å². The number of amides is 4. The molecule has 4 bridgehead atoms. The van der Waals surface area contributed by atoms with Crippen molar-refractivity contribution < 1.29 is 29.4 Å². The molecule has 9 heterocycles. The summed E-state index contributed by atoms with van der Waals surface area (Å²) in [6, 6.07) is 15.8. The molecule has 7 fully saturated rings. The molecule has 2 aromatic carbocycles. The molecule has 0 radical (unpaired) electrons. The lowest BCUT2D eigenvalue weighted by Gasteiger charge is -2.54. The van der Waals surface area contributed by atoms with Gasteiger partial charge in [0, 0.05) is 62.3 Å². The van der Waals surface area contributed by atoms with Crippen LogP contribution in [-0.4, -0.2) is 118 Å². The Balaban J connectivity index is 1.26. The third-order valence-electron chi connectivity index (χ3n) is 11.2. The van der Waals surface area contributed by atoms with Gasteiger partial charge in [0.2, 0.25) is 9.74 Å². The second-order valence-electron chi connectivity index (χ2n) is 13.2. The van der Waals surface area contributed by atoms with Crippen molar-refractivity contribution in [2.24, 2.45) is 0 Å². The Morgan fingerprint density at radius 1 is 0.725 bits per heavy atom. The van der Waals surface area contributed by atoms with Crippen LogP contribution in [0.15, 0.2) is 54.7 Å². The number of aliphatic hydroxyl groups excluding tert-OH is 2. The summed E-state index contributed by atoms with van der Waals surface area (Å²) >= 11 is 0. The van der Waals surface area contributed by atoms with E-state index in [2.05, 4.69) is 9.88 Å². The van der Waals surface area contributed by atoms with Crippen LogP contribution in [0.5, 0.6) is 0 Å². The lowest BCUT2D eigenvalue weighted by atomic mass is 9.86. The van der Waals surface area contributed by atoms with E-state index in [9.17, 15) is 29.4 Å². The van der Waals surface area contributed by atoms with Gasteiger partial charge in [-0.1, -0.05) is 36.4 Å². The molecule has 0 aliphatic carbocycles. The fourth-order valence-corrected chi connectivity index (χ4v) is 23.8. The molecular formula is C31H30N6O6S8. The molecule has 6 atom stereocenters. The standard InChI is InChI=1S/C31H30N6O6S8/c1-33-25(42)30(15-38)34(2)23(40)28(33,44-48-50-46-30)12-17-13-36(21-11-7-4-8-18(17)21)27-14-29-24(41)35(3)31(16-39,47-51-49-45-29)26(43)37(29)22(27)32-20-10-6-5-9-19(20)27/h4-11,13,22,32,38-39H,12,14-16H2,1-3H3. The number of rotatable bonds is 5. The van der Waals surface area contributed by atoms with Crippen LogP contribution in [0.25, 0.3) is 10.9 Å². The van der Waals surface area contributed by atoms with E-state index in [1.807, 2.05) is 54.7 Å². The predicted molar refractivity (Wildman–Crippen MR) is 212 cm³/mol. The molecule has 3 aromatic rings. The third kappa shape index (κ3) is 4.20. The van der Waals surface area contributed by atoms with Crippen molar-refractivity contribution in [3.63, 3.8) is 0 Å². The highest BCUT2D eigenvalue weighted by atomic mass is 33.7. The smallest absolute Gasteiger partial charge is 0.265 e. The van der Waals surface area contributed by atoms with Crippen molar-refractivity contribution in [3.8, 4) is 0 Å². The van der Waals surface area contributed by atoms with Crippen LogP contribution in [0.3, 0.4) is 0 Å². The summed E-state index contributed by atoms with van der Waals surface area (Å²) in [6.07, 6.45) is 1.76. The number of fused-ring (bicyclic) bond motifs is 13. The number of benzene rings is 2. The van der Waals surface area contributed by atoms with Crippen LogP contribution in [0.2, 0.25) is 0 Å². The molecular weight excluding hydrogens is 809 g/mol. The number of aliphatic hydroxyl groups is 2. The molecule has 7 saturated heterocycles. The van der Waals surface area contributed by atoms with E-state index in [0.29, 0.717) is 0 Å². The van der Waals surface area contributed by atoms with Crippen LogP contribution in [0.4, 0.5) is 5.69 Å². The number of piperazine rings is 2. The van der Waals surface area contributed by atoms with Crippen LogP contribution in [0.1, 0.15) is 17.5 Å². The molecule has 20 heteroatoms. The second kappa shape index (κ2) is 11.9. The first-order chi connectivity index (χ1) is 24.5. The SMILES string of the molecule is CN1C(=O)C2(Cc3cn(C45CC67SSSSC(CO)(C(=O)N6C4Nc4ccccc45)N(C)C7=O)c4ccccc34)SSSSC1(CO)C(=O)N2C. The molecule has 12 nitrogen and oxygen atoms in total. The van der Waals surface area contributed by atoms with E-state index < -0.39 is 44.4 Å². The molecule has 3 N–H and O–H groups in total. The zero-order valence-electron chi connectivity index (χ0n) is 27.1. The van der Waals surface area contributed by atoms with Gasteiger partial charge in [-0.2, -0.15) is 0 Å². The Morgan fingerprint density at radius 2 is 1.29 bits per heavy atom. The molecule has 11 rings (SSSR count). The van der Waals surface area contributed by atoms with Crippen molar-refractivity contribution in [2.45, 2.75) is 44.0 Å². The number of nitrogens with zero attached hydrogens (tertiary/aromatic N) is 5. The molecule has 0 saturated carbocycles. The van der Waals surface area contributed by atoms with E-state index in [4.69, 9.17) is 0 Å². The number of carbonyl (C=O) groups is 4. The average Bonchev–Trinajstić information content (AvgIpc) is 3.76. The highest BCUT2D eigenvalue weighted by molar-refractivity contribution is 9.27. The summed E-state index contributed by atoms with van der Waals surface area (Å²) in [4.78, 5) is 58.5. The second-order valence-corrected chi connectivity index (χ2v) is 25.7. The minimum absolute atomic E-state index is 0.174. The lowest BCUT2D eigenvalue weighted by molar-refractivity contribution is -0.165. The Morgan fingerprint density at radius 3 is 2.02 bits per heavy atom. The Hall–Kier alpha value is -1.62. The monoisotopic (exact) mass is 838 g/mol. The van der Waals surface area contributed by atoms with Gasteiger partial charge >= 0.3 is 0 Å². The first-order valence-corrected chi connectivity index (χ1v) is 25.4. The zero-order valence-corrected chi connectivity index (χ0v) is 33.7. The molecule has 268 valence electrons. The van der Waals surface area contributed by atoms with Crippen LogP contribution >= 0.6 is 82.5 Å². The first-order valence-electron chi connectivity index (χ1n) is 15.8. The minimum Gasteiger partial charge on any atom is -0.392 e. The highest BCUT2D eigenvalue weighted by Crippen LogP contribution is 2.69. The maximum Gasteiger partial charge on any atom is 0.265 e. The molecule has 1 aromatic heterocycles. The number of likely N-dealkylation sites (N-methyl/N-ethyl adjacent to an activating group) is 3. The fraction of sp³-hybridized carbons (Fsp3) is 0.419. The molecule has 4 amide bonds. The molecule has 6 unspecified atom stereocenters. The minimum atomic E-state index is -1.49. The van der Waals surface area contributed by atoms with Crippen LogP contribution in [0, 0.1) is 0 Å². The van der Waals surface area contributed by atoms with Crippen molar-refractivity contribution in [3.05, 3.63) is 65.9 Å². The Kier molecular flexibility index (Phi) is 8.22. The van der Waals surface area contributed by atoms with E-state index in [-0.39, 0.29) is 36.5 Å². The Bertz CT molecular complexity index is 2060. The van der Waals surface area contributed by atoms with E-state index in [1.54, 1.807) is 26.0 Å². The molecule has 8 aliphatic rings. The summed E-state index contributed by atoms with van der Waals surface area (Å²) in [6.45, 7) is -1.05. The maximum atomic E-state index is 14.8. The largest absolute Gasteiger partial charge is 0.392 e.